The van der Waals surface area contributed by atoms with E-state index in [4.69, 9.17) is 27.9 Å². The van der Waals surface area contributed by atoms with Crippen LogP contribution in [0, 0.1) is 0 Å². The number of hydrogen-bond acceptors (Lipinski definition) is 5. The first kappa shape index (κ1) is 21.9. The van der Waals surface area contributed by atoms with Crippen molar-refractivity contribution in [2.45, 2.75) is 25.0 Å². The number of β-amino-alcohol motifs (C(OH)–C–C–N with tert-alkyl or cyclic N) is 1. The summed E-state index contributed by atoms with van der Waals surface area (Å²) in [5, 5.41) is 21.8. The van der Waals surface area contributed by atoms with Gasteiger partial charge >= 0.3 is 0 Å². The Balaban J connectivity index is 1.20. The van der Waals surface area contributed by atoms with Gasteiger partial charge in [0.1, 0.15) is 11.9 Å². The first-order chi connectivity index (χ1) is 15.0. The number of likely N-dealkylation sites (tertiary alicyclic amines) is 1. The lowest BCUT2D eigenvalue weighted by atomic mass is 10.1. The largest absolute Gasteiger partial charge is 0.490 e. The van der Waals surface area contributed by atoms with Gasteiger partial charge in [0, 0.05) is 37.6 Å². The normalized spacial score (nSPS) is 16.4. The zero-order chi connectivity index (χ0) is 21.8. The monoisotopic (exact) mass is 462 g/mol. The highest BCUT2D eigenvalue weighted by molar-refractivity contribution is 6.42. The van der Waals surface area contributed by atoms with E-state index < -0.39 is 6.10 Å². The minimum Gasteiger partial charge on any atom is -0.490 e. The van der Waals surface area contributed by atoms with E-state index in [0.29, 0.717) is 28.0 Å². The number of amides is 1. The number of aliphatic hydroxyl groups excluding tert-OH is 1. The Morgan fingerprint density at radius 2 is 2.00 bits per heavy atom. The van der Waals surface area contributed by atoms with E-state index in [9.17, 15) is 9.90 Å². The van der Waals surface area contributed by atoms with Gasteiger partial charge in [-0.1, -0.05) is 41.4 Å². The van der Waals surface area contributed by atoms with Gasteiger partial charge in [0.15, 0.2) is 5.69 Å². The Labute approximate surface area is 190 Å². The molecule has 1 fully saturated rings. The van der Waals surface area contributed by atoms with Crippen LogP contribution in [-0.4, -0.2) is 64.5 Å². The van der Waals surface area contributed by atoms with Crippen LogP contribution < -0.4 is 10.1 Å². The minimum absolute atomic E-state index is 0.0956. The molecule has 1 amide bonds. The van der Waals surface area contributed by atoms with E-state index in [1.807, 2.05) is 30.3 Å². The molecule has 1 aliphatic heterocycles. The summed E-state index contributed by atoms with van der Waals surface area (Å²) in [5.41, 5.74) is 1.14. The molecule has 164 valence electrons. The molecule has 0 radical (unpaired) electrons. The van der Waals surface area contributed by atoms with Crippen molar-refractivity contribution in [1.29, 1.82) is 0 Å². The molecular formula is C22H24Cl2N4O3. The summed E-state index contributed by atoms with van der Waals surface area (Å²) < 4.78 is 6.00. The fraction of sp³-hybridized carbons (Fsp3) is 0.364. The molecule has 1 unspecified atom stereocenters. The molecular weight excluding hydrogens is 439 g/mol. The topological polar surface area (TPSA) is 90.5 Å². The van der Waals surface area contributed by atoms with Crippen LogP contribution in [0.4, 0.5) is 0 Å². The van der Waals surface area contributed by atoms with Crippen LogP contribution in [-0.2, 0) is 0 Å². The van der Waals surface area contributed by atoms with Crippen molar-refractivity contribution in [3.8, 4) is 5.75 Å². The number of benzene rings is 2. The molecule has 4 rings (SSSR count). The van der Waals surface area contributed by atoms with Gasteiger partial charge in [-0.2, -0.15) is 5.10 Å². The van der Waals surface area contributed by atoms with Gasteiger partial charge < -0.3 is 20.1 Å². The SMILES string of the molecule is O=C(NCC(O)CN1CCC(Oc2ccc(Cl)c(Cl)c2)CC1)c1n[nH]c2ccccc12. The molecule has 7 nitrogen and oxygen atoms in total. The average Bonchev–Trinajstić information content (AvgIpc) is 3.20. The maximum absolute atomic E-state index is 12.4. The summed E-state index contributed by atoms with van der Waals surface area (Å²) in [7, 11) is 0. The average molecular weight is 463 g/mol. The second-order valence-corrected chi connectivity index (χ2v) is 8.49. The Morgan fingerprint density at radius 3 is 2.77 bits per heavy atom. The lowest BCUT2D eigenvalue weighted by Gasteiger charge is -2.33. The fourth-order valence-corrected chi connectivity index (χ4v) is 4.03. The van der Waals surface area contributed by atoms with Crippen LogP contribution in [0.1, 0.15) is 23.3 Å². The van der Waals surface area contributed by atoms with Gasteiger partial charge in [-0.15, -0.1) is 0 Å². The molecule has 2 heterocycles. The maximum Gasteiger partial charge on any atom is 0.272 e. The third-order valence-corrected chi connectivity index (χ3v) is 6.12. The number of hydrogen-bond donors (Lipinski definition) is 3. The number of nitrogens with zero attached hydrogens (tertiary/aromatic N) is 2. The maximum atomic E-state index is 12.4. The highest BCUT2D eigenvalue weighted by atomic mass is 35.5. The second-order valence-electron chi connectivity index (χ2n) is 7.68. The van der Waals surface area contributed by atoms with Crippen molar-refractivity contribution < 1.29 is 14.6 Å². The van der Waals surface area contributed by atoms with Crippen molar-refractivity contribution >= 4 is 40.0 Å². The molecule has 31 heavy (non-hydrogen) atoms. The summed E-state index contributed by atoms with van der Waals surface area (Å²) in [6, 6.07) is 12.7. The molecule has 1 saturated heterocycles. The van der Waals surface area contributed by atoms with Crippen molar-refractivity contribution in [1.82, 2.24) is 20.4 Å². The number of nitrogens with one attached hydrogen (secondary N) is 2. The lowest BCUT2D eigenvalue weighted by molar-refractivity contribution is 0.0593. The number of piperidine rings is 1. The molecule has 3 N–H and O–H groups in total. The van der Waals surface area contributed by atoms with Gasteiger partial charge in [0.2, 0.25) is 0 Å². The number of H-pyrrole nitrogens is 1. The Bertz CT molecular complexity index is 1050. The summed E-state index contributed by atoms with van der Waals surface area (Å²) in [5.74, 6) is 0.409. The van der Waals surface area contributed by atoms with Gasteiger partial charge in [0.05, 0.1) is 21.7 Å². The summed E-state index contributed by atoms with van der Waals surface area (Å²) >= 11 is 12.0. The molecule has 0 spiro atoms. The second kappa shape index (κ2) is 9.87. The van der Waals surface area contributed by atoms with Crippen LogP contribution in [0.2, 0.25) is 10.0 Å². The molecule has 2 aromatic carbocycles. The quantitative estimate of drug-likeness (QED) is 0.499. The van der Waals surface area contributed by atoms with E-state index in [1.54, 1.807) is 12.1 Å². The summed E-state index contributed by atoms with van der Waals surface area (Å²) in [6.07, 6.45) is 1.12. The van der Waals surface area contributed by atoms with Crippen LogP contribution in [0.3, 0.4) is 0 Å². The highest BCUT2D eigenvalue weighted by Gasteiger charge is 2.23. The number of halogens is 2. The molecule has 0 bridgehead atoms. The molecule has 1 aromatic heterocycles. The van der Waals surface area contributed by atoms with Crippen LogP contribution in [0.15, 0.2) is 42.5 Å². The number of fused-ring (bicyclic) bond motifs is 1. The number of ether oxygens (including phenoxy) is 1. The third-order valence-electron chi connectivity index (χ3n) is 5.38. The van der Waals surface area contributed by atoms with Gasteiger partial charge in [-0.3, -0.25) is 9.89 Å². The number of aliphatic hydroxyl groups is 1. The number of carbonyl (C=O) groups excluding carboxylic acids is 1. The van der Waals surface area contributed by atoms with Crippen molar-refractivity contribution in [2.24, 2.45) is 0 Å². The van der Waals surface area contributed by atoms with Crippen molar-refractivity contribution in [2.75, 3.05) is 26.2 Å². The number of carbonyl (C=O) groups is 1. The predicted molar refractivity (Wildman–Crippen MR) is 121 cm³/mol. The Morgan fingerprint density at radius 1 is 1.23 bits per heavy atom. The number of aromatic nitrogens is 2. The van der Waals surface area contributed by atoms with Crippen LogP contribution >= 0.6 is 23.2 Å². The Hall–Kier alpha value is -2.32. The number of aromatic amines is 1. The Kier molecular flexibility index (Phi) is 6.97. The van der Waals surface area contributed by atoms with Crippen LogP contribution in [0.25, 0.3) is 10.9 Å². The number of para-hydroxylation sites is 1. The third kappa shape index (κ3) is 5.49. The van der Waals surface area contributed by atoms with Crippen molar-refractivity contribution in [3.63, 3.8) is 0 Å². The molecule has 3 aromatic rings. The van der Waals surface area contributed by atoms with E-state index in [0.717, 1.165) is 36.8 Å². The molecule has 9 heteroatoms. The first-order valence-corrected chi connectivity index (χ1v) is 11.0. The standard InChI is InChI=1S/C22H24Cl2N4O3/c23-18-6-5-16(11-19(18)24)31-15-7-9-28(10-8-15)13-14(29)12-25-22(30)21-17-3-1-2-4-20(17)26-27-21/h1-6,11,14-15,29H,7-10,12-13H2,(H,25,30)(H,26,27). The molecule has 1 atom stereocenters. The summed E-state index contributed by atoms with van der Waals surface area (Å²) in [6.45, 7) is 2.27. The zero-order valence-corrected chi connectivity index (χ0v) is 18.4. The molecule has 0 saturated carbocycles. The van der Waals surface area contributed by atoms with E-state index in [-0.39, 0.29) is 18.6 Å². The number of rotatable bonds is 7. The first-order valence-electron chi connectivity index (χ1n) is 10.2. The highest BCUT2D eigenvalue weighted by Crippen LogP contribution is 2.28. The molecule has 1 aliphatic rings. The van der Waals surface area contributed by atoms with E-state index in [1.165, 1.54) is 0 Å². The van der Waals surface area contributed by atoms with Gasteiger partial charge in [-0.25, -0.2) is 0 Å². The van der Waals surface area contributed by atoms with E-state index >= 15 is 0 Å². The van der Waals surface area contributed by atoms with Gasteiger partial charge in [-0.05, 0) is 31.0 Å². The lowest BCUT2D eigenvalue weighted by Crippen LogP contribution is -2.45. The van der Waals surface area contributed by atoms with Gasteiger partial charge in [0.25, 0.3) is 5.91 Å². The zero-order valence-electron chi connectivity index (χ0n) is 16.9. The minimum atomic E-state index is -0.665. The fourth-order valence-electron chi connectivity index (χ4n) is 3.75. The molecule has 0 aliphatic carbocycles. The van der Waals surface area contributed by atoms with Crippen LogP contribution in [0.5, 0.6) is 5.75 Å². The van der Waals surface area contributed by atoms with E-state index in [2.05, 4.69) is 20.4 Å². The predicted octanol–water partition coefficient (Wildman–Crippen LogP) is 3.50. The van der Waals surface area contributed by atoms with Crippen molar-refractivity contribution in [3.05, 3.63) is 58.2 Å². The smallest absolute Gasteiger partial charge is 0.272 e. The summed E-state index contributed by atoms with van der Waals surface area (Å²) in [4.78, 5) is 14.6.